The minimum atomic E-state index is -1.63. The summed E-state index contributed by atoms with van der Waals surface area (Å²) in [6, 6.07) is -5.39. The SMILES string of the molecule is CCC(C)C(NC(=O)C(CC(=O)O)NC(=O)C(NC(=O)C(N)C(C)C)C(C)O)C(=O)O. The van der Waals surface area contributed by atoms with Crippen molar-refractivity contribution in [1.29, 1.82) is 0 Å². The number of carboxylic acids is 2. The van der Waals surface area contributed by atoms with E-state index in [0.717, 1.165) is 0 Å². The van der Waals surface area contributed by atoms with E-state index in [1.807, 2.05) is 0 Å². The quantitative estimate of drug-likeness (QED) is 0.174. The minimum Gasteiger partial charge on any atom is -0.481 e. The largest absolute Gasteiger partial charge is 0.481 e. The number of carbonyl (C=O) groups excluding carboxylic acids is 3. The molecule has 0 aromatic carbocycles. The Bertz CT molecular complexity index is 667. The van der Waals surface area contributed by atoms with E-state index in [1.54, 1.807) is 27.7 Å². The third-order valence-corrected chi connectivity index (χ3v) is 4.87. The second-order valence-corrected chi connectivity index (χ2v) is 7.87. The van der Waals surface area contributed by atoms with Crippen LogP contribution < -0.4 is 21.7 Å². The number of aliphatic hydroxyl groups excluding tert-OH is 1. The van der Waals surface area contributed by atoms with E-state index in [2.05, 4.69) is 16.0 Å². The molecular formula is C19H34N4O8. The van der Waals surface area contributed by atoms with Crippen molar-refractivity contribution < 1.29 is 39.3 Å². The van der Waals surface area contributed by atoms with Gasteiger partial charge in [-0.15, -0.1) is 0 Å². The van der Waals surface area contributed by atoms with E-state index in [4.69, 9.17) is 10.8 Å². The van der Waals surface area contributed by atoms with Crippen molar-refractivity contribution in [1.82, 2.24) is 16.0 Å². The minimum absolute atomic E-state index is 0.253. The predicted octanol–water partition coefficient (Wildman–Crippen LogP) is -1.59. The fourth-order valence-electron chi connectivity index (χ4n) is 2.54. The van der Waals surface area contributed by atoms with Crippen LogP contribution >= 0.6 is 0 Å². The molecule has 0 spiro atoms. The fourth-order valence-corrected chi connectivity index (χ4v) is 2.54. The Morgan fingerprint density at radius 3 is 1.74 bits per heavy atom. The molecule has 178 valence electrons. The number of carbonyl (C=O) groups is 5. The van der Waals surface area contributed by atoms with Gasteiger partial charge in [-0.1, -0.05) is 34.1 Å². The average Bonchev–Trinajstić information content (AvgIpc) is 2.66. The van der Waals surface area contributed by atoms with Gasteiger partial charge >= 0.3 is 11.9 Å². The molecule has 0 heterocycles. The highest BCUT2D eigenvalue weighted by Crippen LogP contribution is 2.09. The molecule has 0 saturated carbocycles. The average molecular weight is 447 g/mol. The molecule has 0 rings (SSSR count). The Morgan fingerprint density at radius 1 is 0.839 bits per heavy atom. The van der Waals surface area contributed by atoms with Gasteiger partial charge in [0.2, 0.25) is 17.7 Å². The van der Waals surface area contributed by atoms with E-state index in [0.29, 0.717) is 6.42 Å². The third-order valence-electron chi connectivity index (χ3n) is 4.87. The number of aliphatic carboxylic acids is 2. The second kappa shape index (κ2) is 12.8. The first-order valence-corrected chi connectivity index (χ1v) is 10.0. The maximum atomic E-state index is 12.6. The topological polar surface area (TPSA) is 208 Å². The smallest absolute Gasteiger partial charge is 0.326 e. The molecule has 3 amide bonds. The highest BCUT2D eigenvalue weighted by molar-refractivity contribution is 5.95. The second-order valence-electron chi connectivity index (χ2n) is 7.87. The van der Waals surface area contributed by atoms with Crippen molar-refractivity contribution in [3.05, 3.63) is 0 Å². The zero-order valence-electron chi connectivity index (χ0n) is 18.4. The first-order chi connectivity index (χ1) is 14.2. The zero-order valence-corrected chi connectivity index (χ0v) is 18.4. The van der Waals surface area contributed by atoms with E-state index in [9.17, 15) is 34.2 Å². The first-order valence-electron chi connectivity index (χ1n) is 10.0. The van der Waals surface area contributed by atoms with Gasteiger partial charge in [-0.3, -0.25) is 19.2 Å². The number of hydrogen-bond acceptors (Lipinski definition) is 7. The standard InChI is InChI=1S/C19H34N4O8/c1-6-9(4)14(19(30)31)22-16(27)11(7-12(25)26)21-18(29)15(10(5)24)23-17(28)13(20)8(2)3/h8-11,13-15,24H,6-7,20H2,1-5H3,(H,21,29)(H,22,27)(H,23,28)(H,25,26)(H,30,31). The van der Waals surface area contributed by atoms with Crippen LogP contribution in [0.15, 0.2) is 0 Å². The van der Waals surface area contributed by atoms with Gasteiger partial charge in [0, 0.05) is 0 Å². The maximum Gasteiger partial charge on any atom is 0.326 e. The molecule has 0 aromatic rings. The number of nitrogens with two attached hydrogens (primary N) is 1. The lowest BCUT2D eigenvalue weighted by Crippen LogP contribution is -2.60. The van der Waals surface area contributed by atoms with Crippen LogP contribution in [0.25, 0.3) is 0 Å². The lowest BCUT2D eigenvalue weighted by molar-refractivity contribution is -0.145. The number of rotatable bonds is 13. The summed E-state index contributed by atoms with van der Waals surface area (Å²) in [5.41, 5.74) is 5.73. The van der Waals surface area contributed by atoms with Crippen LogP contribution in [0.1, 0.15) is 47.5 Å². The van der Waals surface area contributed by atoms with Gasteiger partial charge in [-0.2, -0.15) is 0 Å². The van der Waals surface area contributed by atoms with Crippen molar-refractivity contribution in [2.45, 2.75) is 77.7 Å². The predicted molar refractivity (Wildman–Crippen MR) is 110 cm³/mol. The molecule has 6 unspecified atom stereocenters. The molecule has 0 radical (unpaired) electrons. The summed E-state index contributed by atoms with van der Waals surface area (Å²) in [6.07, 6.45) is -1.79. The van der Waals surface area contributed by atoms with E-state index in [1.165, 1.54) is 6.92 Å². The molecular weight excluding hydrogens is 412 g/mol. The Balaban J connectivity index is 5.52. The Morgan fingerprint density at radius 2 is 1.35 bits per heavy atom. The van der Waals surface area contributed by atoms with Crippen molar-refractivity contribution in [3.8, 4) is 0 Å². The Hall–Kier alpha value is -2.73. The molecule has 0 aliphatic rings. The third kappa shape index (κ3) is 9.30. The van der Waals surface area contributed by atoms with Crippen LogP contribution in [-0.2, 0) is 24.0 Å². The Kier molecular flexibility index (Phi) is 11.7. The van der Waals surface area contributed by atoms with Gasteiger partial charge < -0.3 is 37.0 Å². The van der Waals surface area contributed by atoms with E-state index < -0.39 is 72.3 Å². The fraction of sp³-hybridized carbons (Fsp3) is 0.737. The summed E-state index contributed by atoms with van der Waals surface area (Å²) < 4.78 is 0. The summed E-state index contributed by atoms with van der Waals surface area (Å²) in [7, 11) is 0. The van der Waals surface area contributed by atoms with Crippen molar-refractivity contribution in [2.24, 2.45) is 17.6 Å². The van der Waals surface area contributed by atoms with Gasteiger partial charge in [-0.25, -0.2) is 4.79 Å². The lowest BCUT2D eigenvalue weighted by Gasteiger charge is -2.27. The number of hydrogen-bond donors (Lipinski definition) is 7. The molecule has 0 aromatic heterocycles. The van der Waals surface area contributed by atoms with Crippen LogP contribution in [0.3, 0.4) is 0 Å². The Labute approximate surface area is 180 Å². The molecule has 12 nitrogen and oxygen atoms in total. The molecule has 0 fully saturated rings. The van der Waals surface area contributed by atoms with Gasteiger partial charge in [0.1, 0.15) is 18.1 Å². The normalized spacial score (nSPS) is 16.9. The lowest BCUT2D eigenvalue weighted by atomic mass is 9.98. The number of aliphatic hydroxyl groups is 1. The first kappa shape index (κ1) is 28.3. The van der Waals surface area contributed by atoms with Crippen molar-refractivity contribution in [2.75, 3.05) is 0 Å². The van der Waals surface area contributed by atoms with Gasteiger partial charge in [0.25, 0.3) is 0 Å². The molecule has 0 aliphatic carbocycles. The summed E-state index contributed by atoms with van der Waals surface area (Å²) in [6.45, 7) is 7.92. The summed E-state index contributed by atoms with van der Waals surface area (Å²) >= 11 is 0. The molecule has 6 atom stereocenters. The summed E-state index contributed by atoms with van der Waals surface area (Å²) in [5.74, 6) is -6.18. The molecule has 0 saturated heterocycles. The van der Waals surface area contributed by atoms with Crippen LogP contribution in [0.2, 0.25) is 0 Å². The van der Waals surface area contributed by atoms with Gasteiger partial charge in [0.15, 0.2) is 0 Å². The highest BCUT2D eigenvalue weighted by Gasteiger charge is 2.34. The number of nitrogens with one attached hydrogen (secondary N) is 3. The number of carboxylic acid groups (broad SMARTS) is 2. The van der Waals surface area contributed by atoms with Crippen molar-refractivity contribution in [3.63, 3.8) is 0 Å². The molecule has 12 heteroatoms. The van der Waals surface area contributed by atoms with E-state index in [-0.39, 0.29) is 5.92 Å². The molecule has 8 N–H and O–H groups in total. The molecule has 0 bridgehead atoms. The summed E-state index contributed by atoms with van der Waals surface area (Å²) in [5, 5.41) is 35.0. The van der Waals surface area contributed by atoms with Gasteiger partial charge in [0.05, 0.1) is 18.6 Å². The van der Waals surface area contributed by atoms with Gasteiger partial charge in [-0.05, 0) is 18.8 Å². The van der Waals surface area contributed by atoms with Crippen LogP contribution in [0, 0.1) is 11.8 Å². The monoisotopic (exact) mass is 446 g/mol. The molecule has 31 heavy (non-hydrogen) atoms. The summed E-state index contributed by atoms with van der Waals surface area (Å²) in [4.78, 5) is 59.9. The highest BCUT2D eigenvalue weighted by atomic mass is 16.4. The van der Waals surface area contributed by atoms with Crippen LogP contribution in [0.5, 0.6) is 0 Å². The van der Waals surface area contributed by atoms with E-state index >= 15 is 0 Å². The van der Waals surface area contributed by atoms with Crippen molar-refractivity contribution >= 4 is 29.7 Å². The zero-order chi connectivity index (χ0) is 24.5. The molecule has 0 aliphatic heterocycles. The van der Waals surface area contributed by atoms with Crippen LogP contribution in [0.4, 0.5) is 0 Å². The van der Waals surface area contributed by atoms with Crippen LogP contribution in [-0.4, -0.2) is 75.3 Å². The maximum absolute atomic E-state index is 12.6. The number of amides is 3.